The second-order valence-corrected chi connectivity index (χ2v) is 4.08. The summed E-state index contributed by atoms with van der Waals surface area (Å²) in [6, 6.07) is -1.39. The summed E-state index contributed by atoms with van der Waals surface area (Å²) in [5.74, 6) is -1.12. The lowest BCUT2D eigenvalue weighted by atomic mass is 10.2. The number of aliphatic carboxylic acids is 1. The Bertz CT molecular complexity index is 291. The van der Waals surface area contributed by atoms with E-state index in [2.05, 4.69) is 16.0 Å². The van der Waals surface area contributed by atoms with Gasteiger partial charge in [0, 0.05) is 6.54 Å². The van der Waals surface area contributed by atoms with Crippen molar-refractivity contribution in [1.29, 1.82) is 0 Å². The first kappa shape index (κ1) is 15.2. The molecule has 0 fully saturated rings. The standard InChI is InChI=1S/C10H19N3O4/c1-6(2)4-11-9(16)7(3)13-10(17)12-5-8(14)15/h6-7H,4-5H2,1-3H3,(H,11,16)(H,14,15)(H2,12,13,17). The van der Waals surface area contributed by atoms with Gasteiger partial charge in [-0.3, -0.25) is 9.59 Å². The molecule has 0 aliphatic rings. The molecule has 7 nitrogen and oxygen atoms in total. The van der Waals surface area contributed by atoms with Crippen LogP contribution in [0.3, 0.4) is 0 Å². The number of nitrogens with one attached hydrogen (secondary N) is 3. The van der Waals surface area contributed by atoms with Crippen LogP contribution in [0.15, 0.2) is 0 Å². The summed E-state index contributed by atoms with van der Waals surface area (Å²) in [7, 11) is 0. The average molecular weight is 245 g/mol. The molecule has 0 heterocycles. The summed E-state index contributed by atoms with van der Waals surface area (Å²) in [6.07, 6.45) is 0. The molecule has 0 aliphatic carbocycles. The van der Waals surface area contributed by atoms with Crippen LogP contribution in [0.25, 0.3) is 0 Å². The van der Waals surface area contributed by atoms with Crippen LogP contribution >= 0.6 is 0 Å². The van der Waals surface area contributed by atoms with Gasteiger partial charge in [0.1, 0.15) is 12.6 Å². The lowest BCUT2D eigenvalue weighted by Gasteiger charge is -2.15. The van der Waals surface area contributed by atoms with Crippen molar-refractivity contribution in [2.24, 2.45) is 5.92 Å². The maximum atomic E-state index is 11.5. The molecule has 0 radical (unpaired) electrons. The number of carbonyl (C=O) groups excluding carboxylic acids is 2. The molecule has 3 amide bonds. The summed E-state index contributed by atoms with van der Waals surface area (Å²) < 4.78 is 0. The van der Waals surface area contributed by atoms with Crippen molar-refractivity contribution in [2.75, 3.05) is 13.1 Å². The Morgan fingerprint density at radius 2 is 1.71 bits per heavy atom. The zero-order chi connectivity index (χ0) is 13.4. The van der Waals surface area contributed by atoms with Gasteiger partial charge in [0.05, 0.1) is 0 Å². The van der Waals surface area contributed by atoms with Gasteiger partial charge in [-0.15, -0.1) is 0 Å². The Hall–Kier alpha value is -1.79. The van der Waals surface area contributed by atoms with Crippen LogP contribution < -0.4 is 16.0 Å². The minimum absolute atomic E-state index is 0.302. The van der Waals surface area contributed by atoms with E-state index >= 15 is 0 Å². The third-order valence-corrected chi connectivity index (χ3v) is 1.83. The van der Waals surface area contributed by atoms with Gasteiger partial charge < -0.3 is 21.1 Å². The van der Waals surface area contributed by atoms with Gasteiger partial charge in [-0.25, -0.2) is 4.79 Å². The molecule has 17 heavy (non-hydrogen) atoms. The lowest BCUT2D eigenvalue weighted by Crippen LogP contribution is -2.49. The van der Waals surface area contributed by atoms with Crippen LogP contribution in [0, 0.1) is 5.92 Å². The Kier molecular flexibility index (Phi) is 6.69. The smallest absolute Gasteiger partial charge is 0.323 e. The van der Waals surface area contributed by atoms with Crippen molar-refractivity contribution < 1.29 is 19.5 Å². The second-order valence-electron chi connectivity index (χ2n) is 4.08. The number of amides is 3. The molecule has 0 aliphatic heterocycles. The van der Waals surface area contributed by atoms with Crippen LogP contribution in [0.2, 0.25) is 0 Å². The van der Waals surface area contributed by atoms with E-state index in [0.29, 0.717) is 12.5 Å². The van der Waals surface area contributed by atoms with E-state index in [-0.39, 0.29) is 5.91 Å². The average Bonchev–Trinajstić information content (AvgIpc) is 2.22. The summed E-state index contributed by atoms with van der Waals surface area (Å²) >= 11 is 0. The van der Waals surface area contributed by atoms with Crippen molar-refractivity contribution in [3.8, 4) is 0 Å². The zero-order valence-electron chi connectivity index (χ0n) is 10.2. The highest BCUT2D eigenvalue weighted by molar-refractivity contribution is 5.87. The van der Waals surface area contributed by atoms with Crippen LogP contribution in [0.5, 0.6) is 0 Å². The number of hydrogen-bond donors (Lipinski definition) is 4. The Labute approximate surface area is 100.0 Å². The first-order chi connectivity index (χ1) is 7.82. The van der Waals surface area contributed by atoms with Crippen molar-refractivity contribution in [3.05, 3.63) is 0 Å². The molecule has 1 unspecified atom stereocenters. The fourth-order valence-electron chi connectivity index (χ4n) is 0.927. The van der Waals surface area contributed by atoms with E-state index in [4.69, 9.17) is 5.11 Å². The number of carboxylic acids is 1. The van der Waals surface area contributed by atoms with Crippen molar-refractivity contribution in [3.63, 3.8) is 0 Å². The fraction of sp³-hybridized carbons (Fsp3) is 0.700. The van der Waals surface area contributed by atoms with E-state index in [9.17, 15) is 14.4 Å². The molecule has 0 aromatic heterocycles. The Morgan fingerprint density at radius 3 is 2.18 bits per heavy atom. The van der Waals surface area contributed by atoms with Crippen molar-refractivity contribution >= 4 is 17.9 Å². The minimum Gasteiger partial charge on any atom is -0.480 e. The second kappa shape index (κ2) is 7.48. The van der Waals surface area contributed by atoms with Gasteiger partial charge in [0.25, 0.3) is 0 Å². The van der Waals surface area contributed by atoms with E-state index in [1.807, 2.05) is 13.8 Å². The maximum Gasteiger partial charge on any atom is 0.323 e. The minimum atomic E-state index is -1.14. The van der Waals surface area contributed by atoms with Crippen molar-refractivity contribution in [2.45, 2.75) is 26.8 Å². The number of rotatable bonds is 6. The van der Waals surface area contributed by atoms with E-state index < -0.39 is 24.6 Å². The summed E-state index contributed by atoms with van der Waals surface area (Å²) in [5.41, 5.74) is 0. The summed E-state index contributed by atoms with van der Waals surface area (Å²) in [4.78, 5) is 32.8. The molecule has 0 aromatic carbocycles. The fourth-order valence-corrected chi connectivity index (χ4v) is 0.927. The predicted molar refractivity (Wildman–Crippen MR) is 61.5 cm³/mol. The molecule has 0 rings (SSSR count). The highest BCUT2D eigenvalue weighted by atomic mass is 16.4. The molecule has 0 bridgehead atoms. The summed E-state index contributed by atoms with van der Waals surface area (Å²) in [6.45, 7) is 5.49. The lowest BCUT2D eigenvalue weighted by molar-refractivity contribution is -0.135. The largest absolute Gasteiger partial charge is 0.480 e. The van der Waals surface area contributed by atoms with Crippen LogP contribution in [0.4, 0.5) is 4.79 Å². The van der Waals surface area contributed by atoms with Gasteiger partial charge in [-0.1, -0.05) is 13.8 Å². The molecule has 1 atom stereocenters. The van der Waals surface area contributed by atoms with Crippen LogP contribution in [-0.4, -0.2) is 42.1 Å². The summed E-state index contributed by atoms with van der Waals surface area (Å²) in [5, 5.41) is 15.4. The number of carboxylic acid groups (broad SMARTS) is 1. The molecule has 0 aromatic rings. The van der Waals surface area contributed by atoms with Gasteiger partial charge in [-0.05, 0) is 12.8 Å². The third-order valence-electron chi connectivity index (χ3n) is 1.83. The van der Waals surface area contributed by atoms with Gasteiger partial charge in [-0.2, -0.15) is 0 Å². The van der Waals surface area contributed by atoms with E-state index in [0.717, 1.165) is 0 Å². The number of carbonyl (C=O) groups is 3. The first-order valence-electron chi connectivity index (χ1n) is 5.36. The van der Waals surface area contributed by atoms with Gasteiger partial charge in [0.15, 0.2) is 0 Å². The SMILES string of the molecule is CC(C)CNC(=O)C(C)NC(=O)NCC(=O)O. The first-order valence-corrected chi connectivity index (χ1v) is 5.36. The maximum absolute atomic E-state index is 11.5. The monoisotopic (exact) mass is 245 g/mol. The molecular formula is C10H19N3O4. The Balaban J connectivity index is 3.90. The molecule has 4 N–H and O–H groups in total. The quantitative estimate of drug-likeness (QED) is 0.507. The number of urea groups is 1. The van der Waals surface area contributed by atoms with Crippen LogP contribution in [-0.2, 0) is 9.59 Å². The van der Waals surface area contributed by atoms with Gasteiger partial charge >= 0.3 is 12.0 Å². The molecule has 98 valence electrons. The zero-order valence-corrected chi connectivity index (χ0v) is 10.2. The highest BCUT2D eigenvalue weighted by Gasteiger charge is 2.15. The molecule has 7 heteroatoms. The highest BCUT2D eigenvalue weighted by Crippen LogP contribution is 1.89. The normalized spacial score (nSPS) is 11.8. The van der Waals surface area contributed by atoms with Gasteiger partial charge in [0.2, 0.25) is 5.91 Å². The molecule has 0 spiro atoms. The van der Waals surface area contributed by atoms with E-state index in [1.54, 1.807) is 0 Å². The van der Waals surface area contributed by atoms with Crippen LogP contribution in [0.1, 0.15) is 20.8 Å². The molecular weight excluding hydrogens is 226 g/mol. The Morgan fingerprint density at radius 1 is 1.12 bits per heavy atom. The topological polar surface area (TPSA) is 108 Å². The predicted octanol–water partition coefficient (Wildman–Crippen LogP) is -0.469. The van der Waals surface area contributed by atoms with Crippen molar-refractivity contribution in [1.82, 2.24) is 16.0 Å². The van der Waals surface area contributed by atoms with E-state index in [1.165, 1.54) is 6.92 Å². The third kappa shape index (κ3) is 8.06. The molecule has 0 saturated carbocycles. The molecule has 0 saturated heterocycles. The number of hydrogen-bond acceptors (Lipinski definition) is 3.